The molecule has 0 bridgehead atoms. The Labute approximate surface area is 78.3 Å². The Morgan fingerprint density at radius 2 is 2.38 bits per heavy atom. The normalized spacial score (nSPS) is 13.2. The van der Waals surface area contributed by atoms with Crippen LogP contribution in [0.3, 0.4) is 0 Å². The Morgan fingerprint density at radius 1 is 1.46 bits per heavy atom. The van der Waals surface area contributed by atoms with Crippen LogP contribution in [0, 0.1) is 0 Å². The van der Waals surface area contributed by atoms with Crippen molar-refractivity contribution in [3.05, 3.63) is 48.1 Å². The zero-order valence-corrected chi connectivity index (χ0v) is 7.49. The van der Waals surface area contributed by atoms with Crippen molar-refractivity contribution in [2.45, 2.75) is 6.42 Å². The molecule has 0 radical (unpaired) electrons. The molecule has 1 aromatic carbocycles. The first-order chi connectivity index (χ1) is 6.42. The molecule has 1 heteroatoms. The maximum atomic E-state index is 5.49. The van der Waals surface area contributed by atoms with Gasteiger partial charge >= 0.3 is 0 Å². The Balaban J connectivity index is 2.47. The highest BCUT2D eigenvalue weighted by atomic mass is 16.5. The van der Waals surface area contributed by atoms with E-state index < -0.39 is 0 Å². The average Bonchev–Trinajstić information content (AvgIpc) is 2.19. The van der Waals surface area contributed by atoms with Crippen molar-refractivity contribution in [3.8, 4) is 5.75 Å². The molecular formula is C12H12O. The molecule has 0 aromatic heterocycles. The molecule has 0 saturated heterocycles. The van der Waals surface area contributed by atoms with E-state index in [2.05, 4.69) is 18.7 Å². The van der Waals surface area contributed by atoms with Crippen LogP contribution in [-0.2, 0) is 6.42 Å². The first-order valence-corrected chi connectivity index (χ1v) is 4.44. The summed E-state index contributed by atoms with van der Waals surface area (Å²) < 4.78 is 5.49. The number of hydrogen-bond acceptors (Lipinski definition) is 1. The first-order valence-electron chi connectivity index (χ1n) is 4.44. The number of fused-ring (bicyclic) bond motifs is 1. The Kier molecular flexibility index (Phi) is 2.17. The molecule has 13 heavy (non-hydrogen) atoms. The summed E-state index contributed by atoms with van der Waals surface area (Å²) in [5.74, 6) is 0.988. The maximum Gasteiger partial charge on any atom is 0.127 e. The van der Waals surface area contributed by atoms with Gasteiger partial charge in [0.15, 0.2) is 0 Å². The van der Waals surface area contributed by atoms with Gasteiger partial charge in [-0.25, -0.2) is 0 Å². The maximum absolute atomic E-state index is 5.49. The minimum Gasteiger partial charge on any atom is -0.489 e. The monoisotopic (exact) mass is 172 g/mol. The van der Waals surface area contributed by atoms with E-state index in [0.29, 0.717) is 6.61 Å². The molecular weight excluding hydrogens is 160 g/mol. The Hall–Kier alpha value is -1.50. The van der Waals surface area contributed by atoms with Crippen molar-refractivity contribution in [1.82, 2.24) is 0 Å². The zero-order valence-electron chi connectivity index (χ0n) is 7.49. The molecule has 2 rings (SSSR count). The second-order valence-electron chi connectivity index (χ2n) is 3.04. The van der Waals surface area contributed by atoms with Gasteiger partial charge in [-0.1, -0.05) is 24.3 Å². The van der Waals surface area contributed by atoms with E-state index in [-0.39, 0.29) is 0 Å². The molecule has 0 saturated carbocycles. The number of hydrogen-bond donors (Lipinski definition) is 0. The van der Waals surface area contributed by atoms with Crippen LogP contribution < -0.4 is 4.74 Å². The average molecular weight is 172 g/mol. The zero-order chi connectivity index (χ0) is 9.10. The minimum absolute atomic E-state index is 0.685. The number of benzene rings is 1. The molecule has 0 unspecified atom stereocenters. The summed E-state index contributed by atoms with van der Waals surface area (Å²) in [6, 6.07) is 6.14. The van der Waals surface area contributed by atoms with E-state index in [1.54, 1.807) is 0 Å². The lowest BCUT2D eigenvalue weighted by Gasteiger charge is -2.14. The topological polar surface area (TPSA) is 9.23 Å². The summed E-state index contributed by atoms with van der Waals surface area (Å²) in [4.78, 5) is 0. The van der Waals surface area contributed by atoms with Gasteiger partial charge in [0.2, 0.25) is 0 Å². The van der Waals surface area contributed by atoms with E-state index >= 15 is 0 Å². The van der Waals surface area contributed by atoms with Crippen LogP contribution >= 0.6 is 0 Å². The van der Waals surface area contributed by atoms with Crippen molar-refractivity contribution >= 4 is 6.08 Å². The van der Waals surface area contributed by atoms with Gasteiger partial charge in [-0.3, -0.25) is 0 Å². The van der Waals surface area contributed by atoms with Crippen LogP contribution in [-0.4, -0.2) is 6.61 Å². The Morgan fingerprint density at radius 3 is 3.23 bits per heavy atom. The molecule has 0 aliphatic carbocycles. The van der Waals surface area contributed by atoms with E-state index in [9.17, 15) is 0 Å². The SMILES string of the molecule is C=CCc1cccc2c1C=CCO2. The third-order valence-corrected chi connectivity index (χ3v) is 2.14. The third-order valence-electron chi connectivity index (χ3n) is 2.14. The van der Waals surface area contributed by atoms with Crippen molar-refractivity contribution in [1.29, 1.82) is 0 Å². The lowest BCUT2D eigenvalue weighted by Crippen LogP contribution is -2.02. The third kappa shape index (κ3) is 1.50. The molecule has 0 amide bonds. The smallest absolute Gasteiger partial charge is 0.127 e. The number of allylic oxidation sites excluding steroid dienone is 1. The molecule has 1 aromatic rings. The lowest BCUT2D eigenvalue weighted by atomic mass is 10.0. The quantitative estimate of drug-likeness (QED) is 0.623. The van der Waals surface area contributed by atoms with Gasteiger partial charge in [-0.05, 0) is 24.1 Å². The molecule has 0 atom stereocenters. The number of rotatable bonds is 2. The predicted molar refractivity (Wildman–Crippen MR) is 54.9 cm³/mol. The highest BCUT2D eigenvalue weighted by molar-refractivity contribution is 5.63. The Bertz CT molecular complexity index is 350. The van der Waals surface area contributed by atoms with Crippen LogP contribution in [0.4, 0.5) is 0 Å². The highest BCUT2D eigenvalue weighted by Crippen LogP contribution is 2.27. The van der Waals surface area contributed by atoms with Crippen LogP contribution in [0.15, 0.2) is 36.9 Å². The van der Waals surface area contributed by atoms with E-state index in [0.717, 1.165) is 12.2 Å². The van der Waals surface area contributed by atoms with Gasteiger partial charge in [0.1, 0.15) is 12.4 Å². The summed E-state index contributed by atoms with van der Waals surface area (Å²) in [6.45, 7) is 4.43. The second-order valence-corrected chi connectivity index (χ2v) is 3.04. The summed E-state index contributed by atoms with van der Waals surface area (Å²) in [5, 5.41) is 0. The predicted octanol–water partition coefficient (Wildman–Crippen LogP) is 2.82. The van der Waals surface area contributed by atoms with Crippen LogP contribution in [0.2, 0.25) is 0 Å². The van der Waals surface area contributed by atoms with E-state index in [1.165, 1.54) is 11.1 Å². The lowest BCUT2D eigenvalue weighted by molar-refractivity contribution is 0.358. The first kappa shape index (κ1) is 8.11. The molecule has 1 aliphatic heterocycles. The highest BCUT2D eigenvalue weighted by Gasteiger charge is 2.07. The van der Waals surface area contributed by atoms with Gasteiger partial charge in [0, 0.05) is 5.56 Å². The molecule has 1 aliphatic rings. The largest absolute Gasteiger partial charge is 0.489 e. The summed E-state index contributed by atoms with van der Waals surface area (Å²) in [7, 11) is 0. The summed E-state index contributed by atoms with van der Waals surface area (Å²) in [5.41, 5.74) is 2.48. The van der Waals surface area contributed by atoms with Gasteiger partial charge in [0.05, 0.1) is 0 Å². The van der Waals surface area contributed by atoms with Gasteiger partial charge in [0.25, 0.3) is 0 Å². The summed E-state index contributed by atoms with van der Waals surface area (Å²) in [6.07, 6.45) is 6.97. The second kappa shape index (κ2) is 3.48. The van der Waals surface area contributed by atoms with E-state index in [4.69, 9.17) is 4.74 Å². The van der Waals surface area contributed by atoms with Crippen molar-refractivity contribution < 1.29 is 4.74 Å². The molecule has 66 valence electrons. The summed E-state index contributed by atoms with van der Waals surface area (Å²) >= 11 is 0. The fraction of sp³-hybridized carbons (Fsp3) is 0.167. The van der Waals surface area contributed by atoms with Gasteiger partial charge in [-0.15, -0.1) is 6.58 Å². The van der Waals surface area contributed by atoms with Crippen LogP contribution in [0.25, 0.3) is 6.08 Å². The van der Waals surface area contributed by atoms with Gasteiger partial charge < -0.3 is 4.74 Å². The molecule has 0 spiro atoms. The van der Waals surface area contributed by atoms with Gasteiger partial charge in [-0.2, -0.15) is 0 Å². The van der Waals surface area contributed by atoms with Crippen molar-refractivity contribution in [2.75, 3.05) is 6.61 Å². The molecule has 0 N–H and O–H groups in total. The minimum atomic E-state index is 0.685. The fourth-order valence-corrected chi connectivity index (χ4v) is 1.54. The van der Waals surface area contributed by atoms with Crippen LogP contribution in [0.1, 0.15) is 11.1 Å². The number of ether oxygens (including phenoxy) is 1. The standard InChI is InChI=1S/C12H12O/c1-2-5-10-6-3-8-12-11(10)7-4-9-13-12/h2-4,6-8H,1,5,9H2. The molecule has 0 fully saturated rings. The molecule has 1 heterocycles. The molecule has 1 nitrogen and oxygen atoms in total. The fourth-order valence-electron chi connectivity index (χ4n) is 1.54. The van der Waals surface area contributed by atoms with Crippen molar-refractivity contribution in [2.24, 2.45) is 0 Å². The van der Waals surface area contributed by atoms with E-state index in [1.807, 2.05) is 24.3 Å². The van der Waals surface area contributed by atoms with Crippen LogP contribution in [0.5, 0.6) is 5.75 Å². The van der Waals surface area contributed by atoms with Crippen molar-refractivity contribution in [3.63, 3.8) is 0 Å².